The summed E-state index contributed by atoms with van der Waals surface area (Å²) in [5, 5.41) is 12.4. The summed E-state index contributed by atoms with van der Waals surface area (Å²) in [5.41, 5.74) is 5.03. The van der Waals surface area contributed by atoms with Crippen molar-refractivity contribution >= 4 is 45.6 Å². The largest absolute Gasteiger partial charge is 0.235 e. The van der Waals surface area contributed by atoms with Gasteiger partial charge in [-0.25, -0.2) is 4.98 Å². The van der Waals surface area contributed by atoms with Gasteiger partial charge in [0.25, 0.3) is 0 Å². The van der Waals surface area contributed by atoms with Crippen LogP contribution in [0.4, 0.5) is 0 Å². The second kappa shape index (κ2) is 9.11. The molecule has 3 rings (SSSR count). The molecule has 130 valence electrons. The number of hydrogen-bond acceptors (Lipinski definition) is 3. The molecule has 0 atom stereocenters. The molecule has 0 fully saturated rings. The number of nitriles is 1. The topological polar surface area (TPSA) is 36.7 Å². The zero-order chi connectivity index (χ0) is 18.4. The number of aryl methyl sites for hydroxylation is 1. The lowest BCUT2D eigenvalue weighted by molar-refractivity contribution is 0.795. The smallest absolute Gasteiger partial charge is 0.134 e. The van der Waals surface area contributed by atoms with E-state index < -0.39 is 0 Å². The lowest BCUT2D eigenvalue weighted by Gasteiger charge is -2.02. The van der Waals surface area contributed by atoms with Crippen molar-refractivity contribution < 1.29 is 0 Å². The van der Waals surface area contributed by atoms with E-state index in [4.69, 9.17) is 4.98 Å². The highest BCUT2D eigenvalue weighted by molar-refractivity contribution is 14.1. The molecule has 0 aliphatic rings. The summed E-state index contributed by atoms with van der Waals surface area (Å²) in [4.78, 5) is 4.69. The Morgan fingerprint density at radius 2 is 1.96 bits per heavy atom. The molecule has 0 N–H and O–H groups in total. The number of unbranched alkanes of at least 4 members (excludes halogenated alkanes) is 1. The molecular weight excluding hydrogens is 451 g/mol. The molecule has 1 aromatic heterocycles. The highest BCUT2D eigenvalue weighted by Gasteiger charge is 2.10. The van der Waals surface area contributed by atoms with Gasteiger partial charge in [-0.15, -0.1) is 11.3 Å². The molecule has 0 unspecified atom stereocenters. The fourth-order valence-corrected chi connectivity index (χ4v) is 3.98. The number of allylic oxidation sites excluding steroid dienone is 1. The van der Waals surface area contributed by atoms with Gasteiger partial charge in [0, 0.05) is 14.5 Å². The van der Waals surface area contributed by atoms with Crippen LogP contribution in [0.25, 0.3) is 22.9 Å². The van der Waals surface area contributed by atoms with Gasteiger partial charge in [-0.3, -0.25) is 0 Å². The summed E-state index contributed by atoms with van der Waals surface area (Å²) in [6.07, 6.45) is 5.46. The third kappa shape index (κ3) is 4.60. The average molecular weight is 470 g/mol. The Labute approximate surface area is 172 Å². The quantitative estimate of drug-likeness (QED) is 0.293. The molecule has 0 bridgehead atoms. The number of hydrogen-bond donors (Lipinski definition) is 0. The number of benzene rings is 2. The molecule has 0 aliphatic carbocycles. The van der Waals surface area contributed by atoms with Gasteiger partial charge in [0.15, 0.2) is 0 Å². The van der Waals surface area contributed by atoms with Gasteiger partial charge in [0.2, 0.25) is 0 Å². The predicted octanol–water partition coefficient (Wildman–Crippen LogP) is 6.82. The second-order valence-electron chi connectivity index (χ2n) is 6.03. The summed E-state index contributed by atoms with van der Waals surface area (Å²) in [6.45, 7) is 2.21. The van der Waals surface area contributed by atoms with Gasteiger partial charge >= 0.3 is 0 Å². The fraction of sp³-hybridized carbons (Fsp3) is 0.182. The van der Waals surface area contributed by atoms with Crippen molar-refractivity contribution in [3.8, 4) is 17.3 Å². The summed E-state index contributed by atoms with van der Waals surface area (Å²) >= 11 is 3.80. The normalized spacial score (nSPS) is 11.3. The maximum absolute atomic E-state index is 9.58. The molecule has 0 saturated heterocycles. The highest BCUT2D eigenvalue weighted by atomic mass is 127. The Bertz CT molecular complexity index is 949. The van der Waals surface area contributed by atoms with Crippen LogP contribution in [0.2, 0.25) is 0 Å². The number of thiazole rings is 1. The minimum atomic E-state index is 0.602. The average Bonchev–Trinajstić information content (AvgIpc) is 3.16. The van der Waals surface area contributed by atoms with Crippen LogP contribution in [0.1, 0.15) is 35.9 Å². The Balaban J connectivity index is 1.84. The van der Waals surface area contributed by atoms with E-state index in [2.05, 4.69) is 59.8 Å². The molecule has 0 radical (unpaired) electrons. The van der Waals surface area contributed by atoms with Crippen molar-refractivity contribution in [2.24, 2.45) is 0 Å². The first-order valence-electron chi connectivity index (χ1n) is 8.63. The van der Waals surface area contributed by atoms with Crippen molar-refractivity contribution in [3.05, 3.63) is 73.6 Å². The monoisotopic (exact) mass is 470 g/mol. The number of aromatic nitrogens is 1. The summed E-state index contributed by atoms with van der Waals surface area (Å²) in [7, 11) is 0. The molecule has 3 aromatic rings. The third-order valence-electron chi connectivity index (χ3n) is 4.13. The lowest BCUT2D eigenvalue weighted by Crippen LogP contribution is -1.86. The molecule has 0 saturated carbocycles. The summed E-state index contributed by atoms with van der Waals surface area (Å²) in [6, 6.07) is 18.9. The van der Waals surface area contributed by atoms with Gasteiger partial charge in [0.05, 0.1) is 11.3 Å². The van der Waals surface area contributed by atoms with Crippen LogP contribution in [0.15, 0.2) is 53.9 Å². The van der Waals surface area contributed by atoms with Crippen molar-refractivity contribution in [1.82, 2.24) is 4.98 Å². The minimum Gasteiger partial charge on any atom is -0.235 e. The Hall–Kier alpha value is -1.97. The van der Waals surface area contributed by atoms with Crippen LogP contribution in [0.5, 0.6) is 0 Å². The molecule has 2 nitrogen and oxygen atoms in total. The van der Waals surface area contributed by atoms with E-state index in [1.807, 2.05) is 35.7 Å². The van der Waals surface area contributed by atoms with Crippen molar-refractivity contribution in [3.63, 3.8) is 0 Å². The minimum absolute atomic E-state index is 0.602. The summed E-state index contributed by atoms with van der Waals surface area (Å²) in [5.74, 6) is 0. The molecular formula is C22H19IN2S. The van der Waals surface area contributed by atoms with Gasteiger partial charge in [-0.1, -0.05) is 55.8 Å². The van der Waals surface area contributed by atoms with E-state index in [-0.39, 0.29) is 0 Å². The molecule has 0 spiro atoms. The summed E-state index contributed by atoms with van der Waals surface area (Å²) < 4.78 is 1.12. The van der Waals surface area contributed by atoms with Crippen LogP contribution < -0.4 is 0 Å². The maximum Gasteiger partial charge on any atom is 0.134 e. The Morgan fingerprint density at radius 1 is 1.19 bits per heavy atom. The van der Waals surface area contributed by atoms with Crippen LogP contribution in [-0.2, 0) is 6.42 Å². The second-order valence-corrected chi connectivity index (χ2v) is 8.05. The molecule has 4 heteroatoms. The van der Waals surface area contributed by atoms with Gasteiger partial charge in [0.1, 0.15) is 11.1 Å². The van der Waals surface area contributed by atoms with E-state index in [9.17, 15) is 5.26 Å². The SMILES string of the molecule is CCCCc1ccc(-c2csc(C(C#N)=Cc3ccccc3I)n2)cc1. The third-order valence-corrected chi connectivity index (χ3v) is 5.99. The fourth-order valence-electron chi connectivity index (χ4n) is 2.64. The van der Waals surface area contributed by atoms with E-state index in [1.165, 1.54) is 29.7 Å². The number of rotatable bonds is 6. The van der Waals surface area contributed by atoms with Crippen LogP contribution in [0, 0.1) is 14.9 Å². The van der Waals surface area contributed by atoms with Gasteiger partial charge in [-0.05, 0) is 58.7 Å². The van der Waals surface area contributed by atoms with Crippen LogP contribution in [-0.4, -0.2) is 4.98 Å². The van der Waals surface area contributed by atoms with Crippen LogP contribution >= 0.6 is 33.9 Å². The first kappa shape index (κ1) is 18.8. The number of nitrogens with zero attached hydrogens (tertiary/aromatic N) is 2. The zero-order valence-corrected chi connectivity index (χ0v) is 17.5. The standard InChI is InChI=1S/C22H19IN2S/c1-2-3-6-16-9-11-17(12-10-16)21-15-26-22(25-21)19(14-24)13-18-7-4-5-8-20(18)23/h4-5,7-13,15H,2-3,6H2,1H3. The molecule has 0 aliphatic heterocycles. The van der Waals surface area contributed by atoms with E-state index in [0.717, 1.165) is 31.8 Å². The van der Waals surface area contributed by atoms with Gasteiger partial charge < -0.3 is 0 Å². The Kier molecular flexibility index (Phi) is 6.59. The van der Waals surface area contributed by atoms with E-state index >= 15 is 0 Å². The van der Waals surface area contributed by atoms with Crippen molar-refractivity contribution in [1.29, 1.82) is 5.26 Å². The molecule has 26 heavy (non-hydrogen) atoms. The zero-order valence-electron chi connectivity index (χ0n) is 14.6. The maximum atomic E-state index is 9.58. The van der Waals surface area contributed by atoms with E-state index in [1.54, 1.807) is 0 Å². The van der Waals surface area contributed by atoms with Gasteiger partial charge in [-0.2, -0.15) is 5.26 Å². The molecule has 0 amide bonds. The van der Waals surface area contributed by atoms with Crippen LogP contribution in [0.3, 0.4) is 0 Å². The van der Waals surface area contributed by atoms with Crippen molar-refractivity contribution in [2.45, 2.75) is 26.2 Å². The highest BCUT2D eigenvalue weighted by Crippen LogP contribution is 2.28. The molecule has 2 aromatic carbocycles. The van der Waals surface area contributed by atoms with Crippen molar-refractivity contribution in [2.75, 3.05) is 0 Å². The Morgan fingerprint density at radius 3 is 2.65 bits per heavy atom. The molecule has 1 heterocycles. The predicted molar refractivity (Wildman–Crippen MR) is 119 cm³/mol. The lowest BCUT2D eigenvalue weighted by atomic mass is 10.1. The first-order valence-corrected chi connectivity index (χ1v) is 10.6. The first-order chi connectivity index (χ1) is 12.7. The van der Waals surface area contributed by atoms with E-state index in [0.29, 0.717) is 5.57 Å². The number of halogens is 1.